The van der Waals surface area contributed by atoms with Gasteiger partial charge < -0.3 is 14.8 Å². The van der Waals surface area contributed by atoms with Gasteiger partial charge in [-0.15, -0.1) is 0 Å². The number of rotatable bonds is 2. The number of carbonyl (C=O) groups is 1. The molecule has 1 fully saturated rings. The van der Waals surface area contributed by atoms with Crippen LogP contribution in [-0.4, -0.2) is 38.4 Å². The van der Waals surface area contributed by atoms with Gasteiger partial charge in [0.25, 0.3) is 0 Å². The van der Waals surface area contributed by atoms with E-state index >= 15 is 0 Å². The van der Waals surface area contributed by atoms with Gasteiger partial charge in [0.1, 0.15) is 0 Å². The number of ether oxygens (including phenoxy) is 2. The van der Waals surface area contributed by atoms with Crippen LogP contribution < -0.4 is 5.32 Å². The fourth-order valence-corrected chi connectivity index (χ4v) is 1.10. The highest BCUT2D eigenvalue weighted by Crippen LogP contribution is 1.99. The van der Waals surface area contributed by atoms with E-state index in [4.69, 9.17) is 9.47 Å². The molecule has 1 heterocycles. The van der Waals surface area contributed by atoms with Crippen LogP contribution in [0.15, 0.2) is 0 Å². The lowest BCUT2D eigenvalue weighted by atomic mass is 10.3. The third-order valence-electron chi connectivity index (χ3n) is 1.70. The standard InChI is InChI=1S/C8H15NO3/c1-2-11-8(10)7-6-9-4-3-5-12-7/h7,9H,2-6H2,1H3/t7-/m1/s1. The van der Waals surface area contributed by atoms with Crippen molar-refractivity contribution in [3.63, 3.8) is 0 Å². The number of hydrogen-bond donors (Lipinski definition) is 1. The van der Waals surface area contributed by atoms with Crippen molar-refractivity contribution >= 4 is 5.97 Å². The number of carbonyl (C=O) groups excluding carboxylic acids is 1. The molecule has 0 aromatic rings. The van der Waals surface area contributed by atoms with E-state index in [0.717, 1.165) is 13.0 Å². The Morgan fingerprint density at radius 2 is 2.58 bits per heavy atom. The van der Waals surface area contributed by atoms with Crippen LogP contribution in [0.25, 0.3) is 0 Å². The van der Waals surface area contributed by atoms with Gasteiger partial charge in [-0.3, -0.25) is 0 Å². The third-order valence-corrected chi connectivity index (χ3v) is 1.70. The van der Waals surface area contributed by atoms with Gasteiger partial charge in [-0.25, -0.2) is 4.79 Å². The Bertz CT molecular complexity index is 141. The van der Waals surface area contributed by atoms with Crippen molar-refractivity contribution in [2.24, 2.45) is 0 Å². The smallest absolute Gasteiger partial charge is 0.336 e. The minimum Gasteiger partial charge on any atom is -0.464 e. The van der Waals surface area contributed by atoms with Crippen LogP contribution in [0.5, 0.6) is 0 Å². The first-order chi connectivity index (χ1) is 5.84. The Labute approximate surface area is 72.2 Å². The Morgan fingerprint density at radius 1 is 1.75 bits per heavy atom. The molecule has 0 aliphatic carbocycles. The van der Waals surface area contributed by atoms with Crippen LogP contribution in [0.3, 0.4) is 0 Å². The van der Waals surface area contributed by atoms with Gasteiger partial charge in [0, 0.05) is 13.2 Å². The molecule has 0 unspecified atom stereocenters. The molecular formula is C8H15NO3. The third kappa shape index (κ3) is 2.79. The number of esters is 1. The molecule has 4 heteroatoms. The zero-order valence-corrected chi connectivity index (χ0v) is 7.34. The molecule has 4 nitrogen and oxygen atoms in total. The van der Waals surface area contributed by atoms with E-state index in [1.807, 2.05) is 0 Å². The van der Waals surface area contributed by atoms with E-state index in [1.165, 1.54) is 0 Å². The predicted molar refractivity (Wildman–Crippen MR) is 43.9 cm³/mol. The van der Waals surface area contributed by atoms with Crippen molar-refractivity contribution in [2.45, 2.75) is 19.4 Å². The van der Waals surface area contributed by atoms with Gasteiger partial charge in [-0.2, -0.15) is 0 Å². The first-order valence-electron chi connectivity index (χ1n) is 4.33. The molecule has 1 rings (SSSR count). The fourth-order valence-electron chi connectivity index (χ4n) is 1.10. The van der Waals surface area contributed by atoms with Gasteiger partial charge in [0.2, 0.25) is 0 Å². The first kappa shape index (κ1) is 9.48. The molecule has 0 saturated carbocycles. The maximum atomic E-state index is 11.2. The second kappa shape index (κ2) is 5.11. The van der Waals surface area contributed by atoms with Gasteiger partial charge >= 0.3 is 5.97 Å². The lowest BCUT2D eigenvalue weighted by Gasteiger charge is -2.12. The summed E-state index contributed by atoms with van der Waals surface area (Å²) in [5.41, 5.74) is 0. The second-order valence-corrected chi connectivity index (χ2v) is 2.67. The Balaban J connectivity index is 2.32. The van der Waals surface area contributed by atoms with Crippen LogP contribution in [0, 0.1) is 0 Å². The average Bonchev–Trinajstić information content (AvgIpc) is 2.32. The van der Waals surface area contributed by atoms with Crippen molar-refractivity contribution in [1.29, 1.82) is 0 Å². The maximum absolute atomic E-state index is 11.2. The topological polar surface area (TPSA) is 47.6 Å². The fraction of sp³-hybridized carbons (Fsp3) is 0.875. The summed E-state index contributed by atoms with van der Waals surface area (Å²) in [5, 5.41) is 3.11. The van der Waals surface area contributed by atoms with E-state index in [2.05, 4.69) is 5.32 Å². The van der Waals surface area contributed by atoms with Crippen LogP contribution in [0.2, 0.25) is 0 Å². The van der Waals surface area contributed by atoms with Crippen LogP contribution in [-0.2, 0) is 14.3 Å². The zero-order valence-electron chi connectivity index (χ0n) is 7.34. The van der Waals surface area contributed by atoms with Gasteiger partial charge in [-0.1, -0.05) is 0 Å². The molecule has 0 radical (unpaired) electrons. The monoisotopic (exact) mass is 173 g/mol. The average molecular weight is 173 g/mol. The summed E-state index contributed by atoms with van der Waals surface area (Å²) < 4.78 is 10.1. The minimum absolute atomic E-state index is 0.257. The zero-order chi connectivity index (χ0) is 8.81. The highest BCUT2D eigenvalue weighted by molar-refractivity contribution is 5.75. The van der Waals surface area contributed by atoms with E-state index in [-0.39, 0.29) is 5.97 Å². The highest BCUT2D eigenvalue weighted by atomic mass is 16.6. The summed E-state index contributed by atoms with van der Waals surface area (Å²) in [6.07, 6.45) is 0.545. The summed E-state index contributed by atoms with van der Waals surface area (Å²) in [7, 11) is 0. The molecule has 1 aliphatic rings. The summed E-state index contributed by atoms with van der Waals surface area (Å²) in [6, 6.07) is 0. The van der Waals surface area contributed by atoms with E-state index < -0.39 is 6.10 Å². The van der Waals surface area contributed by atoms with Crippen LogP contribution in [0.1, 0.15) is 13.3 Å². The summed E-state index contributed by atoms with van der Waals surface area (Å²) >= 11 is 0. The molecule has 0 bridgehead atoms. The van der Waals surface area contributed by atoms with E-state index in [0.29, 0.717) is 19.8 Å². The van der Waals surface area contributed by atoms with Crippen molar-refractivity contribution in [1.82, 2.24) is 5.32 Å². The molecule has 1 aliphatic heterocycles. The molecule has 0 spiro atoms. The van der Waals surface area contributed by atoms with Crippen molar-refractivity contribution < 1.29 is 14.3 Å². The minimum atomic E-state index is -0.410. The summed E-state index contributed by atoms with van der Waals surface area (Å²) in [6.45, 7) is 4.33. The molecule has 1 N–H and O–H groups in total. The molecule has 12 heavy (non-hydrogen) atoms. The molecule has 1 saturated heterocycles. The maximum Gasteiger partial charge on any atom is 0.336 e. The lowest BCUT2D eigenvalue weighted by molar-refractivity contribution is -0.155. The number of hydrogen-bond acceptors (Lipinski definition) is 4. The molecule has 0 aromatic carbocycles. The highest BCUT2D eigenvalue weighted by Gasteiger charge is 2.21. The van der Waals surface area contributed by atoms with E-state index in [9.17, 15) is 4.79 Å². The number of nitrogens with one attached hydrogen (secondary N) is 1. The SMILES string of the molecule is CCOC(=O)[C@H]1CNCCCO1. The Morgan fingerprint density at radius 3 is 3.33 bits per heavy atom. The second-order valence-electron chi connectivity index (χ2n) is 2.67. The van der Waals surface area contributed by atoms with Gasteiger partial charge in [-0.05, 0) is 19.9 Å². The quantitative estimate of drug-likeness (QED) is 0.594. The van der Waals surface area contributed by atoms with Crippen molar-refractivity contribution in [3.05, 3.63) is 0 Å². The largest absolute Gasteiger partial charge is 0.464 e. The Hall–Kier alpha value is -0.610. The molecule has 70 valence electrons. The first-order valence-corrected chi connectivity index (χ1v) is 4.33. The normalized spacial score (nSPS) is 24.6. The molecule has 0 aromatic heterocycles. The molecule has 1 atom stereocenters. The predicted octanol–water partition coefficient (Wildman–Crippen LogP) is -0.0720. The van der Waals surface area contributed by atoms with Crippen LogP contribution in [0.4, 0.5) is 0 Å². The van der Waals surface area contributed by atoms with E-state index in [1.54, 1.807) is 6.92 Å². The van der Waals surface area contributed by atoms with Crippen molar-refractivity contribution in [2.75, 3.05) is 26.3 Å². The Kier molecular flexibility index (Phi) is 4.04. The van der Waals surface area contributed by atoms with Crippen molar-refractivity contribution in [3.8, 4) is 0 Å². The van der Waals surface area contributed by atoms with Gasteiger partial charge in [0.05, 0.1) is 6.61 Å². The van der Waals surface area contributed by atoms with Crippen LogP contribution >= 0.6 is 0 Å². The molecular weight excluding hydrogens is 158 g/mol. The lowest BCUT2D eigenvalue weighted by Crippen LogP contribution is -2.34. The van der Waals surface area contributed by atoms with Gasteiger partial charge in [0.15, 0.2) is 6.10 Å². The summed E-state index contributed by atoms with van der Waals surface area (Å²) in [5.74, 6) is -0.257. The summed E-state index contributed by atoms with van der Waals surface area (Å²) in [4.78, 5) is 11.2. The molecule has 0 amide bonds.